The van der Waals surface area contributed by atoms with Crippen molar-refractivity contribution in [1.29, 1.82) is 0 Å². The molecule has 0 bridgehead atoms. The summed E-state index contributed by atoms with van der Waals surface area (Å²) < 4.78 is 7.06. The highest BCUT2D eigenvalue weighted by molar-refractivity contribution is 6.30. The molecule has 4 aromatic rings. The van der Waals surface area contributed by atoms with E-state index in [1.807, 2.05) is 65.4 Å². The van der Waals surface area contributed by atoms with Crippen LogP contribution in [0.25, 0.3) is 16.8 Å². The smallest absolute Gasteiger partial charge is 0.211 e. The summed E-state index contributed by atoms with van der Waals surface area (Å²) in [7, 11) is 1.61. The van der Waals surface area contributed by atoms with Crippen LogP contribution in [-0.4, -0.2) is 23.2 Å². The molecule has 0 N–H and O–H groups in total. The maximum absolute atomic E-state index is 13.4. The molecule has 0 spiro atoms. The van der Waals surface area contributed by atoms with Crippen LogP contribution in [-0.2, 0) is 0 Å². The number of nitrogens with zero attached hydrogens (tertiary/aromatic N) is 1. The Labute approximate surface area is 168 Å². The average molecular weight is 379 g/mol. The van der Waals surface area contributed by atoms with E-state index in [2.05, 4.69) is 0 Å². The summed E-state index contributed by atoms with van der Waals surface area (Å²) in [5.74, 6) is 0.459. The third-order valence-electron chi connectivity index (χ3n) is 5.30. The van der Waals surface area contributed by atoms with Crippen LogP contribution in [0.5, 0.6) is 5.75 Å². The molecule has 0 radical (unpaired) electrons. The van der Waals surface area contributed by atoms with Crippen LogP contribution in [0.15, 0.2) is 85.1 Å². The minimum atomic E-state index is -0.145. The van der Waals surface area contributed by atoms with E-state index in [0.29, 0.717) is 22.4 Å². The van der Waals surface area contributed by atoms with Gasteiger partial charge in [-0.3, -0.25) is 9.59 Å². The van der Waals surface area contributed by atoms with Gasteiger partial charge in [-0.15, -0.1) is 0 Å². The van der Waals surface area contributed by atoms with Crippen LogP contribution in [0.2, 0.25) is 0 Å². The molecule has 0 unspecified atom stereocenters. The SMILES string of the molecule is COc1ccc(-n2cc(-c3ccccc3)c3c2C(=O)c2ccccc2C3=O)cc1. The van der Waals surface area contributed by atoms with Crippen molar-refractivity contribution in [3.63, 3.8) is 0 Å². The number of hydrogen-bond acceptors (Lipinski definition) is 3. The van der Waals surface area contributed by atoms with Crippen molar-refractivity contribution in [3.8, 4) is 22.6 Å². The van der Waals surface area contributed by atoms with Gasteiger partial charge in [0.25, 0.3) is 0 Å². The highest BCUT2D eigenvalue weighted by Crippen LogP contribution is 2.37. The second-order valence-corrected chi connectivity index (χ2v) is 6.90. The molecule has 29 heavy (non-hydrogen) atoms. The largest absolute Gasteiger partial charge is 0.497 e. The maximum Gasteiger partial charge on any atom is 0.211 e. The Morgan fingerprint density at radius 3 is 1.97 bits per heavy atom. The van der Waals surface area contributed by atoms with Crippen LogP contribution in [0, 0.1) is 0 Å². The summed E-state index contributed by atoms with van der Waals surface area (Å²) in [5, 5.41) is 0. The van der Waals surface area contributed by atoms with Crippen LogP contribution < -0.4 is 4.74 Å². The first-order chi connectivity index (χ1) is 14.2. The lowest BCUT2D eigenvalue weighted by Crippen LogP contribution is -2.22. The third kappa shape index (κ3) is 2.61. The van der Waals surface area contributed by atoms with Crippen LogP contribution in [0.4, 0.5) is 0 Å². The molecule has 3 aromatic carbocycles. The predicted octanol–water partition coefficient (Wildman–Crippen LogP) is 4.93. The zero-order valence-electron chi connectivity index (χ0n) is 15.8. The molecule has 140 valence electrons. The van der Waals surface area contributed by atoms with E-state index in [1.54, 1.807) is 31.4 Å². The highest BCUT2D eigenvalue weighted by atomic mass is 16.5. The third-order valence-corrected chi connectivity index (χ3v) is 5.30. The van der Waals surface area contributed by atoms with Crippen molar-refractivity contribution in [3.05, 3.63) is 107 Å². The van der Waals surface area contributed by atoms with Gasteiger partial charge in [-0.05, 0) is 29.8 Å². The summed E-state index contributed by atoms with van der Waals surface area (Å²) in [6.45, 7) is 0. The van der Waals surface area contributed by atoms with E-state index in [4.69, 9.17) is 4.74 Å². The van der Waals surface area contributed by atoms with Crippen molar-refractivity contribution in [2.45, 2.75) is 0 Å². The van der Waals surface area contributed by atoms with Gasteiger partial charge < -0.3 is 9.30 Å². The van der Waals surface area contributed by atoms with Crippen LogP contribution in [0.1, 0.15) is 32.0 Å². The lowest BCUT2D eigenvalue weighted by Gasteiger charge is -2.18. The van der Waals surface area contributed by atoms with Gasteiger partial charge in [0.1, 0.15) is 11.4 Å². The summed E-state index contributed by atoms with van der Waals surface area (Å²) in [6.07, 6.45) is 1.88. The first-order valence-electron chi connectivity index (χ1n) is 9.32. The Hall–Kier alpha value is -3.92. The fourth-order valence-corrected chi connectivity index (χ4v) is 3.88. The Bertz CT molecular complexity index is 1250. The topological polar surface area (TPSA) is 48.3 Å². The average Bonchev–Trinajstić information content (AvgIpc) is 3.19. The number of rotatable bonds is 3. The number of carbonyl (C=O) groups is 2. The maximum atomic E-state index is 13.4. The van der Waals surface area contributed by atoms with Crippen molar-refractivity contribution in [2.75, 3.05) is 7.11 Å². The number of carbonyl (C=O) groups excluding carboxylic acids is 2. The van der Waals surface area contributed by atoms with Crippen LogP contribution in [0.3, 0.4) is 0 Å². The van der Waals surface area contributed by atoms with Gasteiger partial charge in [-0.1, -0.05) is 54.6 Å². The van der Waals surface area contributed by atoms with E-state index in [9.17, 15) is 9.59 Å². The Balaban J connectivity index is 1.80. The lowest BCUT2D eigenvalue weighted by atomic mass is 9.85. The zero-order valence-corrected chi connectivity index (χ0v) is 15.8. The van der Waals surface area contributed by atoms with Gasteiger partial charge in [0.05, 0.1) is 12.7 Å². The molecule has 0 aliphatic heterocycles. The Morgan fingerprint density at radius 1 is 0.690 bits per heavy atom. The molecule has 0 fully saturated rings. The number of benzene rings is 3. The molecule has 4 nitrogen and oxygen atoms in total. The van der Waals surface area contributed by atoms with Gasteiger partial charge in [0, 0.05) is 28.6 Å². The monoisotopic (exact) mass is 379 g/mol. The first-order valence-corrected chi connectivity index (χ1v) is 9.32. The number of hydrogen-bond donors (Lipinski definition) is 0. The molecule has 1 heterocycles. The summed E-state index contributed by atoms with van der Waals surface area (Å²) >= 11 is 0. The quantitative estimate of drug-likeness (QED) is 0.447. The highest BCUT2D eigenvalue weighted by Gasteiger charge is 2.35. The summed E-state index contributed by atoms with van der Waals surface area (Å²) in [6, 6.07) is 24.1. The first kappa shape index (κ1) is 17.2. The van der Waals surface area contributed by atoms with E-state index in [0.717, 1.165) is 22.6 Å². The second-order valence-electron chi connectivity index (χ2n) is 6.90. The lowest BCUT2D eigenvalue weighted by molar-refractivity contribution is 0.0975. The minimum Gasteiger partial charge on any atom is -0.497 e. The molecule has 0 amide bonds. The Morgan fingerprint density at radius 2 is 1.31 bits per heavy atom. The van der Waals surface area contributed by atoms with Crippen molar-refractivity contribution < 1.29 is 14.3 Å². The molecule has 1 aliphatic rings. The molecular formula is C25H17NO3. The second kappa shape index (κ2) is 6.60. The molecule has 0 atom stereocenters. The zero-order chi connectivity index (χ0) is 20.0. The molecule has 0 saturated carbocycles. The van der Waals surface area contributed by atoms with E-state index < -0.39 is 0 Å². The summed E-state index contributed by atoms with van der Waals surface area (Å²) in [4.78, 5) is 26.8. The molecule has 4 heteroatoms. The normalized spacial score (nSPS) is 12.4. The van der Waals surface area contributed by atoms with Crippen LogP contribution >= 0.6 is 0 Å². The van der Waals surface area contributed by atoms with Crippen molar-refractivity contribution in [1.82, 2.24) is 4.57 Å². The summed E-state index contributed by atoms with van der Waals surface area (Å²) in [5.41, 5.74) is 4.20. The number of methoxy groups -OCH3 is 1. The van der Waals surface area contributed by atoms with Crippen molar-refractivity contribution in [2.24, 2.45) is 0 Å². The standard InChI is InChI=1S/C25H17NO3/c1-29-18-13-11-17(12-14-18)26-15-21(16-7-3-2-4-8-16)22-23(26)25(28)20-10-6-5-9-19(20)24(22)27/h2-15H,1H3. The van der Waals surface area contributed by atoms with Gasteiger partial charge in [0.2, 0.25) is 5.78 Å². The predicted molar refractivity (Wildman–Crippen MR) is 111 cm³/mol. The van der Waals surface area contributed by atoms with E-state index in [-0.39, 0.29) is 11.6 Å². The number of ether oxygens (including phenoxy) is 1. The number of aromatic nitrogens is 1. The van der Waals surface area contributed by atoms with Crippen molar-refractivity contribution >= 4 is 11.6 Å². The molecule has 1 aromatic heterocycles. The fourth-order valence-electron chi connectivity index (χ4n) is 3.88. The van der Waals surface area contributed by atoms with Gasteiger partial charge in [-0.2, -0.15) is 0 Å². The fraction of sp³-hybridized carbons (Fsp3) is 0.0400. The Kier molecular flexibility index (Phi) is 3.91. The van der Waals surface area contributed by atoms with Gasteiger partial charge in [0.15, 0.2) is 5.78 Å². The number of fused-ring (bicyclic) bond motifs is 2. The molecular weight excluding hydrogens is 362 g/mol. The molecule has 0 saturated heterocycles. The molecule has 5 rings (SSSR count). The van der Waals surface area contributed by atoms with E-state index >= 15 is 0 Å². The van der Waals surface area contributed by atoms with Gasteiger partial charge in [-0.25, -0.2) is 0 Å². The minimum absolute atomic E-state index is 0.124. The molecule has 1 aliphatic carbocycles. The van der Waals surface area contributed by atoms with E-state index in [1.165, 1.54) is 0 Å². The van der Waals surface area contributed by atoms with Gasteiger partial charge >= 0.3 is 0 Å². The number of ketones is 2.